The summed E-state index contributed by atoms with van der Waals surface area (Å²) in [6, 6.07) is 4.86. The fraction of sp³-hybridized carbons (Fsp3) is 0.333. The predicted octanol–water partition coefficient (Wildman–Crippen LogP) is 2.92. The molecule has 0 N–H and O–H groups in total. The van der Waals surface area contributed by atoms with Crippen LogP contribution >= 0.6 is 11.8 Å². The van der Waals surface area contributed by atoms with Crippen LogP contribution in [0.5, 0.6) is 11.8 Å². The summed E-state index contributed by atoms with van der Waals surface area (Å²) in [5, 5.41) is 0. The van der Waals surface area contributed by atoms with Gasteiger partial charge in [0.15, 0.2) is 0 Å². The van der Waals surface area contributed by atoms with Crippen molar-refractivity contribution in [3.05, 3.63) is 35.9 Å². The highest BCUT2D eigenvalue weighted by atomic mass is 32.2. The van der Waals surface area contributed by atoms with Crippen molar-refractivity contribution in [1.82, 2.24) is 9.97 Å². The smallest absolute Gasteiger partial charge is 0.278 e. The van der Waals surface area contributed by atoms with Crippen molar-refractivity contribution in [2.75, 3.05) is 31.9 Å². The van der Waals surface area contributed by atoms with Gasteiger partial charge in [-0.25, -0.2) is 14.4 Å². The average Bonchev–Trinajstić information content (AvgIpc) is 2.54. The van der Waals surface area contributed by atoms with Crippen molar-refractivity contribution in [2.45, 2.75) is 10.9 Å². The Kier molecular flexibility index (Phi) is 4.06. The number of methoxy groups -OCH3 is 2. The first-order valence-corrected chi connectivity index (χ1v) is 7.72. The number of halogens is 1. The Morgan fingerprint density at radius 2 is 2.05 bits per heavy atom. The summed E-state index contributed by atoms with van der Waals surface area (Å²) < 4.78 is 23.7. The van der Waals surface area contributed by atoms with Crippen molar-refractivity contribution in [1.29, 1.82) is 0 Å². The molecular formula is C15H16FN3O2S. The lowest BCUT2D eigenvalue weighted by molar-refractivity contribution is 0.329. The molecule has 1 atom stereocenters. The normalized spacial score (nSPS) is 17.1. The zero-order valence-electron chi connectivity index (χ0n) is 12.5. The molecule has 0 radical (unpaired) electrons. The highest BCUT2D eigenvalue weighted by Gasteiger charge is 2.28. The van der Waals surface area contributed by atoms with Crippen LogP contribution in [0.2, 0.25) is 0 Å². The van der Waals surface area contributed by atoms with Gasteiger partial charge in [0.25, 0.3) is 11.8 Å². The van der Waals surface area contributed by atoms with Gasteiger partial charge < -0.3 is 14.4 Å². The lowest BCUT2D eigenvalue weighted by Crippen LogP contribution is -2.30. The van der Waals surface area contributed by atoms with Crippen molar-refractivity contribution in [3.8, 4) is 11.8 Å². The fourth-order valence-electron chi connectivity index (χ4n) is 2.43. The van der Waals surface area contributed by atoms with Gasteiger partial charge >= 0.3 is 0 Å². The molecule has 0 saturated carbocycles. The third kappa shape index (κ3) is 2.56. The number of anilines is 1. The summed E-state index contributed by atoms with van der Waals surface area (Å²) >= 11 is 1.61. The van der Waals surface area contributed by atoms with E-state index in [4.69, 9.17) is 9.47 Å². The zero-order valence-corrected chi connectivity index (χ0v) is 13.4. The fourth-order valence-corrected chi connectivity index (χ4v) is 3.72. The Hall–Kier alpha value is -2.02. The van der Waals surface area contributed by atoms with E-state index in [1.54, 1.807) is 30.1 Å². The second-order valence-corrected chi connectivity index (χ2v) is 5.93. The molecule has 0 bridgehead atoms. The lowest BCUT2D eigenvalue weighted by Gasteiger charge is -2.35. The highest BCUT2D eigenvalue weighted by molar-refractivity contribution is 7.99. The van der Waals surface area contributed by atoms with E-state index in [0.29, 0.717) is 11.8 Å². The summed E-state index contributed by atoms with van der Waals surface area (Å²) in [4.78, 5) is 11.8. The minimum atomic E-state index is -0.219. The number of hydrogen-bond acceptors (Lipinski definition) is 6. The average molecular weight is 321 g/mol. The lowest BCUT2D eigenvalue weighted by atomic mass is 10.1. The largest absolute Gasteiger partial charge is 0.477 e. The SMILES string of the molecule is COc1ncc(C2CSc3cc(F)ccc3N2C)nc1OC. The Bertz CT molecular complexity index is 698. The standard InChI is InChI=1S/C15H16FN3O2S/c1-19-11-5-4-9(16)6-13(11)22-8-12(19)10-7-17-14(20-2)15(18-10)21-3/h4-7,12H,8H2,1-3H3. The van der Waals surface area contributed by atoms with Crippen LogP contribution in [-0.2, 0) is 0 Å². The van der Waals surface area contributed by atoms with E-state index in [0.717, 1.165) is 22.0 Å². The van der Waals surface area contributed by atoms with Gasteiger partial charge in [0.2, 0.25) is 0 Å². The number of aromatic nitrogens is 2. The number of hydrogen-bond donors (Lipinski definition) is 0. The summed E-state index contributed by atoms with van der Waals surface area (Å²) in [5.41, 5.74) is 1.78. The molecule has 2 aromatic rings. The molecule has 3 rings (SSSR count). The van der Waals surface area contributed by atoms with Gasteiger partial charge in [-0.3, -0.25) is 0 Å². The first-order chi connectivity index (χ1) is 10.6. The molecule has 116 valence electrons. The second kappa shape index (κ2) is 6.00. The van der Waals surface area contributed by atoms with Crippen LogP contribution in [-0.4, -0.2) is 37.0 Å². The summed E-state index contributed by atoms with van der Waals surface area (Å²) in [6.07, 6.45) is 1.69. The Morgan fingerprint density at radius 1 is 1.27 bits per heavy atom. The van der Waals surface area contributed by atoms with E-state index >= 15 is 0 Å². The van der Waals surface area contributed by atoms with Crippen LogP contribution in [0.1, 0.15) is 11.7 Å². The quantitative estimate of drug-likeness (QED) is 0.866. The van der Waals surface area contributed by atoms with Crippen molar-refractivity contribution < 1.29 is 13.9 Å². The maximum Gasteiger partial charge on any atom is 0.278 e. The number of thioether (sulfide) groups is 1. The van der Waals surface area contributed by atoms with Gasteiger partial charge in [0, 0.05) is 17.7 Å². The third-order valence-corrected chi connectivity index (χ3v) is 4.74. The molecule has 1 aliphatic rings. The molecule has 0 aliphatic carbocycles. The molecule has 0 spiro atoms. The highest BCUT2D eigenvalue weighted by Crippen LogP contribution is 2.42. The van der Waals surface area contributed by atoms with Crippen LogP contribution in [0, 0.1) is 5.82 Å². The van der Waals surface area contributed by atoms with E-state index in [9.17, 15) is 4.39 Å². The minimum absolute atomic E-state index is 0.0373. The number of benzene rings is 1. The van der Waals surface area contributed by atoms with E-state index < -0.39 is 0 Å². The maximum atomic E-state index is 13.3. The van der Waals surface area contributed by atoms with Crippen molar-refractivity contribution in [2.24, 2.45) is 0 Å². The maximum absolute atomic E-state index is 13.3. The second-order valence-electron chi connectivity index (χ2n) is 4.86. The first kappa shape index (κ1) is 14.9. The van der Waals surface area contributed by atoms with Crippen LogP contribution in [0.25, 0.3) is 0 Å². The molecule has 0 amide bonds. The van der Waals surface area contributed by atoms with Crippen LogP contribution in [0.3, 0.4) is 0 Å². The minimum Gasteiger partial charge on any atom is -0.477 e. The molecule has 7 heteroatoms. The number of rotatable bonds is 3. The summed E-state index contributed by atoms with van der Waals surface area (Å²) in [6.45, 7) is 0. The number of fused-ring (bicyclic) bond motifs is 1. The first-order valence-electron chi connectivity index (χ1n) is 6.74. The topological polar surface area (TPSA) is 47.5 Å². The molecule has 1 aliphatic heterocycles. The van der Waals surface area contributed by atoms with Crippen LogP contribution in [0.4, 0.5) is 10.1 Å². The Labute approximate surface area is 132 Å². The Balaban J connectivity index is 1.95. The molecule has 1 unspecified atom stereocenters. The van der Waals surface area contributed by atoms with Gasteiger partial charge in [0.05, 0.1) is 37.8 Å². The van der Waals surface area contributed by atoms with Gasteiger partial charge in [-0.1, -0.05) is 0 Å². The molecule has 5 nitrogen and oxygen atoms in total. The van der Waals surface area contributed by atoms with Crippen molar-refractivity contribution in [3.63, 3.8) is 0 Å². The molecule has 1 aromatic heterocycles. The molecule has 0 saturated heterocycles. The molecular weight excluding hydrogens is 305 g/mol. The van der Waals surface area contributed by atoms with Gasteiger partial charge in [-0.2, -0.15) is 0 Å². The Morgan fingerprint density at radius 3 is 2.77 bits per heavy atom. The molecule has 22 heavy (non-hydrogen) atoms. The van der Waals surface area contributed by atoms with Gasteiger partial charge in [-0.05, 0) is 18.2 Å². The van der Waals surface area contributed by atoms with Gasteiger partial charge in [-0.15, -0.1) is 11.8 Å². The third-order valence-electron chi connectivity index (χ3n) is 3.62. The van der Waals surface area contributed by atoms with E-state index in [1.807, 2.05) is 7.05 Å². The van der Waals surface area contributed by atoms with E-state index in [1.165, 1.54) is 20.3 Å². The zero-order chi connectivity index (χ0) is 15.7. The number of ether oxygens (including phenoxy) is 2. The van der Waals surface area contributed by atoms with Gasteiger partial charge in [0.1, 0.15) is 5.82 Å². The van der Waals surface area contributed by atoms with E-state index in [-0.39, 0.29) is 11.9 Å². The van der Waals surface area contributed by atoms with Crippen LogP contribution in [0.15, 0.2) is 29.3 Å². The number of nitrogens with zero attached hydrogens (tertiary/aromatic N) is 3. The van der Waals surface area contributed by atoms with Crippen LogP contribution < -0.4 is 14.4 Å². The molecule has 1 aromatic carbocycles. The molecule has 2 heterocycles. The monoisotopic (exact) mass is 321 g/mol. The van der Waals surface area contributed by atoms with Crippen molar-refractivity contribution >= 4 is 17.4 Å². The van der Waals surface area contributed by atoms with E-state index in [2.05, 4.69) is 14.9 Å². The molecule has 0 fully saturated rings. The predicted molar refractivity (Wildman–Crippen MR) is 83.4 cm³/mol. The summed E-state index contributed by atoms with van der Waals surface area (Å²) in [5.74, 6) is 1.27. The summed E-state index contributed by atoms with van der Waals surface area (Å²) in [7, 11) is 5.03.